The molecule has 0 saturated carbocycles. The molecule has 0 aliphatic carbocycles. The number of Topliss-reactive ketones (excluding diaryl/α,β-unsaturated/α-hetero) is 1. The lowest BCUT2D eigenvalue weighted by Crippen LogP contribution is -2.08. The Morgan fingerprint density at radius 1 is 1.25 bits per heavy atom. The minimum atomic E-state index is -4.41. The van der Waals surface area contributed by atoms with Gasteiger partial charge in [0.2, 0.25) is 0 Å². The van der Waals surface area contributed by atoms with Gasteiger partial charge in [-0.25, -0.2) is 4.18 Å². The molecule has 0 fully saturated rings. The molecule has 0 unspecified atom stereocenters. The summed E-state index contributed by atoms with van der Waals surface area (Å²) in [7, 11) is -2.96. The van der Waals surface area contributed by atoms with E-state index in [9.17, 15) is 13.2 Å². The fourth-order valence-electron chi connectivity index (χ4n) is 1.41. The Labute approximate surface area is 117 Å². The number of benzene rings is 1. The zero-order valence-electron chi connectivity index (χ0n) is 11.2. The molecule has 1 N–H and O–H groups in total. The van der Waals surface area contributed by atoms with Crippen LogP contribution < -0.4 is 9.47 Å². The van der Waals surface area contributed by atoms with Gasteiger partial charge in [-0.1, -0.05) is 0 Å². The van der Waals surface area contributed by atoms with E-state index in [2.05, 4.69) is 4.18 Å². The van der Waals surface area contributed by atoms with Gasteiger partial charge < -0.3 is 9.47 Å². The summed E-state index contributed by atoms with van der Waals surface area (Å²) in [5, 5.41) is 0. The van der Waals surface area contributed by atoms with E-state index in [1.807, 2.05) is 0 Å². The van der Waals surface area contributed by atoms with Crippen molar-refractivity contribution in [2.75, 3.05) is 20.3 Å². The number of rotatable bonds is 8. The molecule has 0 aliphatic heterocycles. The van der Waals surface area contributed by atoms with Gasteiger partial charge in [-0.2, -0.15) is 8.42 Å². The lowest BCUT2D eigenvalue weighted by atomic mass is 10.1. The van der Waals surface area contributed by atoms with Crippen LogP contribution in [0.4, 0.5) is 0 Å². The molecule has 1 rings (SSSR count). The standard InChI is InChI=1S/C12H16O7S/c1-9(13)10-4-5-11(12(8-10)17-2)18-6-3-7-19-20(14,15)16/h4-5,8H,3,6-7H2,1-2H3,(H,14,15,16). The summed E-state index contributed by atoms with van der Waals surface area (Å²) in [4.78, 5) is 11.2. The van der Waals surface area contributed by atoms with Crippen LogP contribution in [0.2, 0.25) is 0 Å². The molecule has 0 saturated heterocycles. The zero-order chi connectivity index (χ0) is 15.2. The SMILES string of the molecule is COc1cc(C(C)=O)ccc1OCCCOS(=O)(=O)O. The summed E-state index contributed by atoms with van der Waals surface area (Å²) in [5.74, 6) is 0.758. The third-order valence-electron chi connectivity index (χ3n) is 2.35. The molecule has 0 bridgehead atoms. The largest absolute Gasteiger partial charge is 0.493 e. The molecular formula is C12H16O7S. The maximum absolute atomic E-state index is 11.2. The van der Waals surface area contributed by atoms with Crippen molar-refractivity contribution in [1.82, 2.24) is 0 Å². The Bertz CT molecular complexity index is 565. The van der Waals surface area contributed by atoms with Gasteiger partial charge >= 0.3 is 10.4 Å². The number of ketones is 1. The van der Waals surface area contributed by atoms with Crippen LogP contribution in [0.15, 0.2) is 18.2 Å². The highest BCUT2D eigenvalue weighted by Crippen LogP contribution is 2.28. The average Bonchev–Trinajstić information content (AvgIpc) is 2.36. The predicted molar refractivity (Wildman–Crippen MR) is 70.6 cm³/mol. The number of ether oxygens (including phenoxy) is 2. The second-order valence-corrected chi connectivity index (χ2v) is 4.96. The van der Waals surface area contributed by atoms with E-state index in [0.717, 1.165) is 0 Å². The summed E-state index contributed by atoms with van der Waals surface area (Å²) < 4.78 is 43.6. The Hall–Kier alpha value is -1.64. The van der Waals surface area contributed by atoms with Crippen molar-refractivity contribution in [1.29, 1.82) is 0 Å². The van der Waals surface area contributed by atoms with E-state index in [0.29, 0.717) is 17.1 Å². The first kappa shape index (κ1) is 16.4. The van der Waals surface area contributed by atoms with Gasteiger partial charge in [0.15, 0.2) is 17.3 Å². The van der Waals surface area contributed by atoms with Crippen molar-refractivity contribution in [2.45, 2.75) is 13.3 Å². The van der Waals surface area contributed by atoms with Crippen LogP contribution in [0.3, 0.4) is 0 Å². The summed E-state index contributed by atoms with van der Waals surface area (Å²) in [6, 6.07) is 4.76. The molecule has 20 heavy (non-hydrogen) atoms. The first-order valence-electron chi connectivity index (χ1n) is 5.77. The minimum Gasteiger partial charge on any atom is -0.493 e. The Kier molecular flexibility index (Phi) is 5.93. The van der Waals surface area contributed by atoms with Crippen molar-refractivity contribution in [3.63, 3.8) is 0 Å². The molecule has 1 aromatic carbocycles. The van der Waals surface area contributed by atoms with E-state index in [-0.39, 0.29) is 25.4 Å². The molecule has 0 aliphatic rings. The smallest absolute Gasteiger partial charge is 0.397 e. The molecule has 7 nitrogen and oxygen atoms in total. The van der Waals surface area contributed by atoms with E-state index in [4.69, 9.17) is 14.0 Å². The van der Waals surface area contributed by atoms with E-state index < -0.39 is 10.4 Å². The quantitative estimate of drug-likeness (QED) is 0.441. The number of hydrogen-bond acceptors (Lipinski definition) is 6. The number of methoxy groups -OCH3 is 1. The minimum absolute atomic E-state index is 0.0867. The second kappa shape index (κ2) is 7.22. The molecule has 0 amide bonds. The maximum atomic E-state index is 11.2. The Balaban J connectivity index is 2.53. The van der Waals surface area contributed by atoms with Gasteiger partial charge in [0.05, 0.1) is 20.3 Å². The van der Waals surface area contributed by atoms with Crippen LogP contribution in [-0.4, -0.2) is 39.1 Å². The molecular weight excluding hydrogens is 288 g/mol. The van der Waals surface area contributed by atoms with Crippen LogP contribution in [0.1, 0.15) is 23.7 Å². The Morgan fingerprint density at radius 2 is 1.95 bits per heavy atom. The van der Waals surface area contributed by atoms with Gasteiger partial charge in [0, 0.05) is 12.0 Å². The number of carbonyl (C=O) groups is 1. The second-order valence-electron chi connectivity index (χ2n) is 3.87. The molecule has 8 heteroatoms. The van der Waals surface area contributed by atoms with Crippen LogP contribution in [-0.2, 0) is 14.6 Å². The van der Waals surface area contributed by atoms with Crippen molar-refractivity contribution in [2.24, 2.45) is 0 Å². The molecule has 0 radical (unpaired) electrons. The van der Waals surface area contributed by atoms with Gasteiger partial charge in [0.25, 0.3) is 0 Å². The monoisotopic (exact) mass is 304 g/mol. The normalized spacial score (nSPS) is 11.2. The highest BCUT2D eigenvalue weighted by atomic mass is 32.3. The van der Waals surface area contributed by atoms with E-state index >= 15 is 0 Å². The lowest BCUT2D eigenvalue weighted by Gasteiger charge is -2.11. The van der Waals surface area contributed by atoms with Gasteiger partial charge in [0.1, 0.15) is 0 Å². The van der Waals surface area contributed by atoms with Crippen LogP contribution >= 0.6 is 0 Å². The highest BCUT2D eigenvalue weighted by molar-refractivity contribution is 7.80. The number of carbonyl (C=O) groups excluding carboxylic acids is 1. The highest BCUT2D eigenvalue weighted by Gasteiger charge is 2.09. The third kappa shape index (κ3) is 5.55. The maximum Gasteiger partial charge on any atom is 0.397 e. The molecule has 0 spiro atoms. The summed E-state index contributed by atoms with van der Waals surface area (Å²) in [6.45, 7) is 1.43. The topological polar surface area (TPSA) is 99.1 Å². The molecule has 0 atom stereocenters. The molecule has 0 aromatic heterocycles. The van der Waals surface area contributed by atoms with Crippen LogP contribution in [0, 0.1) is 0 Å². The summed E-state index contributed by atoms with van der Waals surface area (Å²) >= 11 is 0. The van der Waals surface area contributed by atoms with Crippen LogP contribution in [0.25, 0.3) is 0 Å². The molecule has 0 heterocycles. The Morgan fingerprint density at radius 3 is 2.50 bits per heavy atom. The predicted octanol–water partition coefficient (Wildman–Crippen LogP) is 1.49. The van der Waals surface area contributed by atoms with Gasteiger partial charge in [-0.05, 0) is 25.1 Å². The first-order valence-corrected chi connectivity index (χ1v) is 7.13. The molecule has 112 valence electrons. The van der Waals surface area contributed by atoms with Crippen LogP contribution in [0.5, 0.6) is 11.5 Å². The lowest BCUT2D eigenvalue weighted by molar-refractivity contribution is 0.101. The molecule has 1 aromatic rings. The van der Waals surface area contributed by atoms with E-state index in [1.165, 1.54) is 14.0 Å². The van der Waals surface area contributed by atoms with Crippen molar-refractivity contribution >= 4 is 16.2 Å². The van der Waals surface area contributed by atoms with Crippen molar-refractivity contribution < 1.29 is 31.4 Å². The van der Waals surface area contributed by atoms with E-state index in [1.54, 1.807) is 18.2 Å². The number of hydrogen-bond donors (Lipinski definition) is 1. The van der Waals surface area contributed by atoms with Gasteiger partial charge in [-0.3, -0.25) is 9.35 Å². The van der Waals surface area contributed by atoms with Gasteiger partial charge in [-0.15, -0.1) is 0 Å². The summed E-state index contributed by atoms with van der Waals surface area (Å²) in [5.41, 5.74) is 0.504. The first-order chi connectivity index (χ1) is 9.33. The fourth-order valence-corrected chi connectivity index (χ4v) is 1.74. The summed E-state index contributed by atoms with van der Waals surface area (Å²) in [6.07, 6.45) is 0.261. The van der Waals surface area contributed by atoms with Crippen molar-refractivity contribution in [3.05, 3.63) is 23.8 Å². The third-order valence-corrected chi connectivity index (χ3v) is 2.81. The average molecular weight is 304 g/mol. The van der Waals surface area contributed by atoms with Crippen molar-refractivity contribution in [3.8, 4) is 11.5 Å². The zero-order valence-corrected chi connectivity index (χ0v) is 12.0. The fraction of sp³-hybridized carbons (Fsp3) is 0.417.